The SMILES string of the molecule is Cc1noc(C)c1CN1CCC(Cn2cccn2)CC1.O=C(O)C(F)(F)F. The van der Waals surface area contributed by atoms with Crippen LogP contribution in [0.2, 0.25) is 0 Å². The lowest BCUT2D eigenvalue weighted by molar-refractivity contribution is -0.192. The summed E-state index contributed by atoms with van der Waals surface area (Å²) in [5, 5.41) is 15.5. The molecule has 1 fully saturated rings. The zero-order valence-corrected chi connectivity index (χ0v) is 15.2. The lowest BCUT2D eigenvalue weighted by atomic mass is 9.96. The molecule has 0 spiro atoms. The van der Waals surface area contributed by atoms with Crippen molar-refractivity contribution in [2.24, 2.45) is 5.92 Å². The number of aliphatic carboxylic acids is 1. The summed E-state index contributed by atoms with van der Waals surface area (Å²) in [5.74, 6) is -1.05. The molecule has 1 saturated heterocycles. The van der Waals surface area contributed by atoms with Gasteiger partial charge in [0.1, 0.15) is 5.76 Å². The van der Waals surface area contributed by atoms with Crippen molar-refractivity contribution in [1.29, 1.82) is 0 Å². The summed E-state index contributed by atoms with van der Waals surface area (Å²) >= 11 is 0. The highest BCUT2D eigenvalue weighted by atomic mass is 19.4. The van der Waals surface area contributed by atoms with Gasteiger partial charge in [0, 0.05) is 31.0 Å². The van der Waals surface area contributed by atoms with Gasteiger partial charge in [-0.05, 0) is 51.8 Å². The van der Waals surface area contributed by atoms with Crippen molar-refractivity contribution in [2.45, 2.75) is 46.0 Å². The molecular weight excluding hydrogens is 365 g/mol. The van der Waals surface area contributed by atoms with Crippen LogP contribution in [-0.2, 0) is 17.9 Å². The molecule has 0 aromatic carbocycles. The molecule has 10 heteroatoms. The minimum absolute atomic E-state index is 0.746. The third kappa shape index (κ3) is 6.38. The van der Waals surface area contributed by atoms with Crippen LogP contribution in [0.1, 0.15) is 29.9 Å². The molecule has 0 unspecified atom stereocenters. The average Bonchev–Trinajstić information content (AvgIpc) is 3.21. The second-order valence-corrected chi connectivity index (χ2v) is 6.55. The Labute approximate surface area is 154 Å². The van der Waals surface area contributed by atoms with E-state index in [1.807, 2.05) is 26.1 Å². The maximum atomic E-state index is 10.6. The fraction of sp³-hybridized carbons (Fsp3) is 0.588. The van der Waals surface area contributed by atoms with E-state index < -0.39 is 12.1 Å². The van der Waals surface area contributed by atoms with Gasteiger partial charge in [-0.2, -0.15) is 18.3 Å². The number of hydrogen-bond donors (Lipinski definition) is 1. The molecule has 1 aliphatic heterocycles. The van der Waals surface area contributed by atoms with Gasteiger partial charge < -0.3 is 9.63 Å². The van der Waals surface area contributed by atoms with E-state index in [9.17, 15) is 13.2 Å². The topological polar surface area (TPSA) is 84.4 Å². The Balaban J connectivity index is 0.000000321. The predicted octanol–water partition coefficient (Wildman–Crippen LogP) is 3.03. The van der Waals surface area contributed by atoms with Crippen molar-refractivity contribution >= 4 is 5.97 Å². The van der Waals surface area contributed by atoms with Gasteiger partial charge in [-0.3, -0.25) is 9.58 Å². The molecule has 3 heterocycles. The normalized spacial score (nSPS) is 16.0. The smallest absolute Gasteiger partial charge is 0.475 e. The molecule has 0 radical (unpaired) electrons. The van der Waals surface area contributed by atoms with E-state index in [1.165, 1.54) is 18.4 Å². The Morgan fingerprint density at radius 1 is 1.33 bits per heavy atom. The van der Waals surface area contributed by atoms with Gasteiger partial charge >= 0.3 is 12.1 Å². The highest BCUT2D eigenvalue weighted by Crippen LogP contribution is 2.22. The zero-order valence-electron chi connectivity index (χ0n) is 15.2. The number of halogens is 3. The minimum Gasteiger partial charge on any atom is -0.475 e. The van der Waals surface area contributed by atoms with E-state index in [1.54, 1.807) is 0 Å². The fourth-order valence-electron chi connectivity index (χ4n) is 2.95. The third-order valence-electron chi connectivity index (χ3n) is 4.52. The molecule has 0 aliphatic carbocycles. The monoisotopic (exact) mass is 388 g/mol. The first-order valence-electron chi connectivity index (χ1n) is 8.58. The van der Waals surface area contributed by atoms with Gasteiger partial charge in [-0.15, -0.1) is 0 Å². The Morgan fingerprint density at radius 3 is 2.41 bits per heavy atom. The lowest BCUT2D eigenvalue weighted by Gasteiger charge is -2.31. The maximum Gasteiger partial charge on any atom is 0.490 e. The van der Waals surface area contributed by atoms with Crippen molar-refractivity contribution in [1.82, 2.24) is 19.8 Å². The van der Waals surface area contributed by atoms with E-state index >= 15 is 0 Å². The van der Waals surface area contributed by atoms with E-state index in [0.717, 1.165) is 43.6 Å². The summed E-state index contributed by atoms with van der Waals surface area (Å²) in [6, 6.07) is 1.99. The van der Waals surface area contributed by atoms with E-state index in [4.69, 9.17) is 14.4 Å². The molecule has 0 saturated carbocycles. The first kappa shape index (κ1) is 20.9. The summed E-state index contributed by atoms with van der Waals surface area (Å²) in [4.78, 5) is 11.4. The number of rotatable bonds is 4. The largest absolute Gasteiger partial charge is 0.490 e. The van der Waals surface area contributed by atoms with Crippen LogP contribution in [0.15, 0.2) is 23.0 Å². The maximum absolute atomic E-state index is 10.6. The summed E-state index contributed by atoms with van der Waals surface area (Å²) in [5.41, 5.74) is 2.29. The van der Waals surface area contributed by atoms with Crippen LogP contribution in [-0.4, -0.2) is 50.2 Å². The van der Waals surface area contributed by atoms with Crippen LogP contribution in [0, 0.1) is 19.8 Å². The Morgan fingerprint density at radius 2 is 1.96 bits per heavy atom. The molecule has 2 aromatic rings. The van der Waals surface area contributed by atoms with Crippen molar-refractivity contribution in [2.75, 3.05) is 13.1 Å². The molecule has 2 aromatic heterocycles. The van der Waals surface area contributed by atoms with Crippen LogP contribution in [0.4, 0.5) is 13.2 Å². The van der Waals surface area contributed by atoms with E-state index in [-0.39, 0.29) is 0 Å². The number of carboxylic acids is 1. The fourth-order valence-corrected chi connectivity index (χ4v) is 2.95. The molecule has 7 nitrogen and oxygen atoms in total. The Hall–Kier alpha value is -2.36. The van der Waals surface area contributed by atoms with Crippen LogP contribution < -0.4 is 0 Å². The average molecular weight is 388 g/mol. The van der Waals surface area contributed by atoms with Crippen LogP contribution in [0.3, 0.4) is 0 Å². The van der Waals surface area contributed by atoms with Crippen molar-refractivity contribution in [3.8, 4) is 0 Å². The molecule has 3 rings (SSSR count). The predicted molar refractivity (Wildman–Crippen MR) is 89.9 cm³/mol. The Kier molecular flexibility index (Phi) is 7.00. The summed E-state index contributed by atoms with van der Waals surface area (Å²) in [6.07, 6.45) is 1.30. The first-order chi connectivity index (χ1) is 12.7. The van der Waals surface area contributed by atoms with Crippen LogP contribution in [0.5, 0.6) is 0 Å². The number of hydrogen-bond acceptors (Lipinski definition) is 5. The summed E-state index contributed by atoms with van der Waals surface area (Å²) in [6.45, 7) is 8.34. The van der Waals surface area contributed by atoms with E-state index in [0.29, 0.717) is 0 Å². The quantitative estimate of drug-likeness (QED) is 0.867. The van der Waals surface area contributed by atoms with Gasteiger partial charge in [0.2, 0.25) is 0 Å². The van der Waals surface area contributed by atoms with Gasteiger partial charge in [0.15, 0.2) is 0 Å². The van der Waals surface area contributed by atoms with E-state index in [2.05, 4.69) is 26.0 Å². The zero-order chi connectivity index (χ0) is 20.0. The van der Waals surface area contributed by atoms with Crippen LogP contribution >= 0.6 is 0 Å². The number of alkyl halides is 3. The lowest BCUT2D eigenvalue weighted by Crippen LogP contribution is -2.34. The highest BCUT2D eigenvalue weighted by molar-refractivity contribution is 5.73. The molecule has 150 valence electrons. The summed E-state index contributed by atoms with van der Waals surface area (Å²) in [7, 11) is 0. The van der Waals surface area contributed by atoms with Crippen molar-refractivity contribution in [3.63, 3.8) is 0 Å². The number of piperidine rings is 1. The number of aryl methyl sites for hydroxylation is 2. The number of likely N-dealkylation sites (tertiary alicyclic amines) is 1. The highest BCUT2D eigenvalue weighted by Gasteiger charge is 2.38. The molecule has 0 bridgehead atoms. The molecule has 27 heavy (non-hydrogen) atoms. The van der Waals surface area contributed by atoms with Crippen molar-refractivity contribution < 1.29 is 27.6 Å². The number of aromatic nitrogens is 3. The molecule has 0 atom stereocenters. The van der Waals surface area contributed by atoms with Crippen LogP contribution in [0.25, 0.3) is 0 Å². The van der Waals surface area contributed by atoms with Gasteiger partial charge in [-0.25, -0.2) is 4.79 Å². The number of nitrogens with zero attached hydrogens (tertiary/aromatic N) is 4. The number of carbonyl (C=O) groups is 1. The minimum atomic E-state index is -5.08. The molecular formula is C17H23F3N4O3. The number of carboxylic acid groups (broad SMARTS) is 1. The second-order valence-electron chi connectivity index (χ2n) is 6.55. The first-order valence-corrected chi connectivity index (χ1v) is 8.58. The molecule has 0 amide bonds. The van der Waals surface area contributed by atoms with Gasteiger partial charge in [0.25, 0.3) is 0 Å². The second kappa shape index (κ2) is 9.03. The van der Waals surface area contributed by atoms with Gasteiger partial charge in [0.05, 0.1) is 5.69 Å². The Bertz CT molecular complexity index is 701. The summed E-state index contributed by atoms with van der Waals surface area (Å²) < 4.78 is 39.0. The van der Waals surface area contributed by atoms with Crippen molar-refractivity contribution in [3.05, 3.63) is 35.5 Å². The molecule has 1 N–H and O–H groups in total. The standard InChI is InChI=1S/C15H22N4O.C2HF3O2/c1-12-15(13(2)20-17-12)11-18-8-4-14(5-9-18)10-19-7-3-6-16-19;3-2(4,5)1(6)7/h3,6-7,14H,4-5,8-11H2,1-2H3;(H,6,7). The molecule has 1 aliphatic rings. The van der Waals surface area contributed by atoms with Gasteiger partial charge in [-0.1, -0.05) is 5.16 Å². The third-order valence-corrected chi connectivity index (χ3v) is 4.52.